The van der Waals surface area contributed by atoms with Gasteiger partial charge in [0.05, 0.1) is 0 Å². The van der Waals surface area contributed by atoms with Crippen LogP contribution in [0.4, 0.5) is 8.78 Å². The van der Waals surface area contributed by atoms with Gasteiger partial charge in [0, 0.05) is 11.8 Å². The Hall–Kier alpha value is -1.10. The quantitative estimate of drug-likeness (QED) is 0.887. The average molecular weight is 246 g/mol. The molecule has 0 aliphatic carbocycles. The molecule has 0 aliphatic rings. The van der Waals surface area contributed by atoms with Crippen LogP contribution in [0.15, 0.2) is 18.2 Å². The second-order valence-electron chi connectivity index (χ2n) is 3.88. The number of aliphatic carboxylic acids is 1. The summed E-state index contributed by atoms with van der Waals surface area (Å²) < 4.78 is 24.7. The zero-order valence-corrected chi connectivity index (χ0v) is 9.78. The van der Waals surface area contributed by atoms with Crippen LogP contribution in [0.2, 0.25) is 0 Å². The summed E-state index contributed by atoms with van der Waals surface area (Å²) in [5.41, 5.74) is 0.442. The first-order valence-electron chi connectivity index (χ1n) is 4.63. The van der Waals surface area contributed by atoms with Gasteiger partial charge in [0.25, 0.3) is 0 Å². The van der Waals surface area contributed by atoms with Crippen molar-refractivity contribution in [2.45, 2.75) is 24.3 Å². The van der Waals surface area contributed by atoms with Crippen molar-refractivity contribution in [1.29, 1.82) is 0 Å². The Labute approximate surface area is 96.7 Å². The van der Waals surface area contributed by atoms with E-state index in [1.807, 2.05) is 0 Å². The van der Waals surface area contributed by atoms with Crippen LogP contribution < -0.4 is 0 Å². The molecule has 0 saturated carbocycles. The fourth-order valence-electron chi connectivity index (χ4n) is 1.02. The lowest BCUT2D eigenvalue weighted by atomic mass is 10.2. The van der Waals surface area contributed by atoms with E-state index in [4.69, 9.17) is 5.11 Å². The van der Waals surface area contributed by atoms with E-state index in [-0.39, 0.29) is 5.75 Å². The number of rotatable bonds is 4. The molecular weight excluding hydrogens is 234 g/mol. The van der Waals surface area contributed by atoms with Gasteiger partial charge in [0.2, 0.25) is 0 Å². The standard InChI is InChI=1S/C11H12F2O2S/c1-11(2,10(14)15)16-6-7-3-8(12)5-9(13)4-7/h3-5H,6H2,1-2H3,(H,14,15). The Morgan fingerprint density at radius 3 is 2.25 bits per heavy atom. The van der Waals surface area contributed by atoms with Gasteiger partial charge in [-0.15, -0.1) is 11.8 Å². The summed E-state index contributed by atoms with van der Waals surface area (Å²) in [7, 11) is 0. The van der Waals surface area contributed by atoms with Gasteiger partial charge < -0.3 is 5.11 Å². The second-order valence-corrected chi connectivity index (χ2v) is 5.48. The molecule has 5 heteroatoms. The lowest BCUT2D eigenvalue weighted by molar-refractivity contribution is -0.138. The van der Waals surface area contributed by atoms with Crippen LogP contribution >= 0.6 is 11.8 Å². The molecule has 16 heavy (non-hydrogen) atoms. The van der Waals surface area contributed by atoms with E-state index in [1.165, 1.54) is 12.1 Å². The van der Waals surface area contributed by atoms with Gasteiger partial charge in [-0.3, -0.25) is 4.79 Å². The van der Waals surface area contributed by atoms with Crippen molar-refractivity contribution in [2.75, 3.05) is 0 Å². The third-order valence-corrected chi connectivity index (χ3v) is 3.41. The van der Waals surface area contributed by atoms with Gasteiger partial charge in [-0.05, 0) is 31.5 Å². The number of carboxylic acid groups (broad SMARTS) is 1. The highest BCUT2D eigenvalue weighted by molar-refractivity contribution is 8.00. The Kier molecular flexibility index (Phi) is 3.91. The molecule has 0 atom stereocenters. The van der Waals surface area contributed by atoms with Gasteiger partial charge in [-0.25, -0.2) is 8.78 Å². The number of hydrogen-bond acceptors (Lipinski definition) is 2. The number of halogens is 2. The number of carbonyl (C=O) groups is 1. The molecule has 0 aromatic heterocycles. The van der Waals surface area contributed by atoms with E-state index in [0.29, 0.717) is 5.56 Å². The fraction of sp³-hybridized carbons (Fsp3) is 0.364. The minimum atomic E-state index is -0.969. The van der Waals surface area contributed by atoms with Crippen LogP contribution in [0, 0.1) is 11.6 Å². The van der Waals surface area contributed by atoms with Crippen LogP contribution in [0.1, 0.15) is 19.4 Å². The van der Waals surface area contributed by atoms with Crippen molar-refractivity contribution < 1.29 is 18.7 Å². The average Bonchev–Trinajstić information content (AvgIpc) is 2.13. The lowest BCUT2D eigenvalue weighted by Gasteiger charge is -2.18. The summed E-state index contributed by atoms with van der Waals surface area (Å²) in [5, 5.41) is 8.86. The Morgan fingerprint density at radius 1 is 1.31 bits per heavy atom. The van der Waals surface area contributed by atoms with Gasteiger partial charge in [-0.2, -0.15) is 0 Å². The minimum absolute atomic E-state index is 0.258. The number of benzene rings is 1. The third-order valence-electron chi connectivity index (χ3n) is 2.04. The van der Waals surface area contributed by atoms with Gasteiger partial charge in [0.1, 0.15) is 16.4 Å². The molecule has 0 saturated heterocycles. The van der Waals surface area contributed by atoms with E-state index in [9.17, 15) is 13.6 Å². The van der Waals surface area contributed by atoms with E-state index in [2.05, 4.69) is 0 Å². The predicted molar refractivity (Wildman–Crippen MR) is 59.4 cm³/mol. The molecule has 0 heterocycles. The van der Waals surface area contributed by atoms with Gasteiger partial charge >= 0.3 is 5.97 Å². The highest BCUT2D eigenvalue weighted by Gasteiger charge is 2.27. The first-order chi connectivity index (χ1) is 7.31. The number of hydrogen-bond donors (Lipinski definition) is 1. The van der Waals surface area contributed by atoms with Crippen molar-refractivity contribution in [3.05, 3.63) is 35.4 Å². The molecule has 0 amide bonds. The summed E-state index contributed by atoms with van der Waals surface area (Å²) in [6.07, 6.45) is 0. The molecular formula is C11H12F2O2S. The molecule has 1 aromatic rings. The molecule has 0 fully saturated rings. The summed E-state index contributed by atoms with van der Waals surface area (Å²) >= 11 is 1.12. The largest absolute Gasteiger partial charge is 0.480 e. The Morgan fingerprint density at radius 2 is 1.81 bits per heavy atom. The fourth-order valence-corrected chi connectivity index (χ4v) is 1.84. The molecule has 0 aliphatic heterocycles. The molecule has 0 unspecified atom stereocenters. The molecule has 0 bridgehead atoms. The monoisotopic (exact) mass is 246 g/mol. The highest BCUT2D eigenvalue weighted by atomic mass is 32.2. The van der Waals surface area contributed by atoms with Crippen molar-refractivity contribution >= 4 is 17.7 Å². The molecule has 88 valence electrons. The minimum Gasteiger partial charge on any atom is -0.480 e. The first-order valence-corrected chi connectivity index (χ1v) is 5.62. The summed E-state index contributed by atoms with van der Waals surface area (Å²) in [5.74, 6) is -1.99. The van der Waals surface area contributed by atoms with Crippen molar-refractivity contribution in [3.8, 4) is 0 Å². The SMILES string of the molecule is CC(C)(SCc1cc(F)cc(F)c1)C(=O)O. The van der Waals surface area contributed by atoms with E-state index in [0.717, 1.165) is 17.8 Å². The van der Waals surface area contributed by atoms with Crippen LogP contribution in [-0.4, -0.2) is 15.8 Å². The van der Waals surface area contributed by atoms with E-state index >= 15 is 0 Å². The number of carboxylic acids is 1. The second kappa shape index (κ2) is 4.82. The maximum absolute atomic E-state index is 12.8. The Balaban J connectivity index is 2.71. The van der Waals surface area contributed by atoms with E-state index in [1.54, 1.807) is 13.8 Å². The van der Waals surface area contributed by atoms with Crippen LogP contribution in [0.25, 0.3) is 0 Å². The van der Waals surface area contributed by atoms with E-state index < -0.39 is 22.4 Å². The predicted octanol–water partition coefficient (Wildman–Crippen LogP) is 3.06. The summed E-state index contributed by atoms with van der Waals surface area (Å²) in [6, 6.07) is 3.19. The highest BCUT2D eigenvalue weighted by Crippen LogP contribution is 2.28. The Bertz CT molecular complexity index is 385. The molecule has 2 nitrogen and oxygen atoms in total. The van der Waals surface area contributed by atoms with Gasteiger partial charge in [-0.1, -0.05) is 0 Å². The molecule has 1 N–H and O–H groups in total. The smallest absolute Gasteiger partial charge is 0.319 e. The zero-order valence-electron chi connectivity index (χ0n) is 8.96. The van der Waals surface area contributed by atoms with Gasteiger partial charge in [0.15, 0.2) is 0 Å². The number of thioether (sulfide) groups is 1. The molecule has 1 aromatic carbocycles. The molecule has 1 rings (SSSR count). The van der Waals surface area contributed by atoms with Crippen molar-refractivity contribution in [2.24, 2.45) is 0 Å². The first kappa shape index (κ1) is 13.0. The zero-order chi connectivity index (χ0) is 12.3. The third kappa shape index (κ3) is 3.48. The maximum Gasteiger partial charge on any atom is 0.319 e. The van der Waals surface area contributed by atoms with Crippen molar-refractivity contribution in [1.82, 2.24) is 0 Å². The lowest BCUT2D eigenvalue weighted by Crippen LogP contribution is -2.27. The van der Waals surface area contributed by atoms with Crippen LogP contribution in [0.3, 0.4) is 0 Å². The van der Waals surface area contributed by atoms with Crippen LogP contribution in [0.5, 0.6) is 0 Å². The molecule has 0 spiro atoms. The molecule has 0 radical (unpaired) electrons. The normalized spacial score (nSPS) is 11.5. The van der Waals surface area contributed by atoms with Crippen molar-refractivity contribution in [3.63, 3.8) is 0 Å². The summed E-state index contributed by atoms with van der Waals surface area (Å²) in [6.45, 7) is 3.10. The summed E-state index contributed by atoms with van der Waals surface area (Å²) in [4.78, 5) is 10.8. The maximum atomic E-state index is 12.8. The van der Waals surface area contributed by atoms with Crippen LogP contribution in [-0.2, 0) is 10.5 Å². The topological polar surface area (TPSA) is 37.3 Å².